The summed E-state index contributed by atoms with van der Waals surface area (Å²) in [5, 5.41) is 0. The number of carbonyl (C=O) groups is 2. The Labute approximate surface area is 135 Å². The summed E-state index contributed by atoms with van der Waals surface area (Å²) < 4.78 is 0. The third-order valence-electron chi connectivity index (χ3n) is 3.82. The van der Waals surface area contributed by atoms with Gasteiger partial charge in [-0.1, -0.05) is 60.2 Å². The van der Waals surface area contributed by atoms with Crippen LogP contribution in [0.1, 0.15) is 38.9 Å². The second-order valence-corrected chi connectivity index (χ2v) is 5.59. The highest BCUT2D eigenvalue weighted by atomic mass is 16.1. The van der Waals surface area contributed by atoms with Crippen LogP contribution in [-0.2, 0) is 0 Å². The van der Waals surface area contributed by atoms with Gasteiger partial charge in [-0.05, 0) is 25.5 Å². The van der Waals surface area contributed by atoms with Gasteiger partial charge in [0.05, 0.1) is 11.4 Å². The van der Waals surface area contributed by atoms with Gasteiger partial charge in [0.15, 0.2) is 5.78 Å². The first-order valence-corrected chi connectivity index (χ1v) is 7.47. The second-order valence-electron chi connectivity index (χ2n) is 5.59. The van der Waals surface area contributed by atoms with Gasteiger partial charge >= 0.3 is 0 Å². The maximum atomic E-state index is 12.6. The van der Waals surface area contributed by atoms with E-state index in [4.69, 9.17) is 0 Å². The number of benzene rings is 2. The molecule has 23 heavy (non-hydrogen) atoms. The van der Waals surface area contributed by atoms with Crippen LogP contribution in [0.15, 0.2) is 60.7 Å². The molecular formula is C20H17NO2. The van der Waals surface area contributed by atoms with E-state index in [1.54, 1.807) is 18.2 Å². The van der Waals surface area contributed by atoms with Gasteiger partial charge in [-0.25, -0.2) is 0 Å². The molecule has 0 fully saturated rings. The number of hydrogen-bond acceptors (Lipinski definition) is 2. The Kier molecular flexibility index (Phi) is 3.94. The molecule has 3 rings (SSSR count). The summed E-state index contributed by atoms with van der Waals surface area (Å²) in [6, 6.07) is 18.6. The molecule has 114 valence electrons. The molecule has 0 atom stereocenters. The highest BCUT2D eigenvalue weighted by Gasteiger charge is 2.18. The maximum Gasteiger partial charge on any atom is 0.209 e. The third kappa shape index (κ3) is 2.99. The minimum absolute atomic E-state index is 0.0658. The number of nitrogens with one attached hydrogen (secondary N) is 1. The van der Waals surface area contributed by atoms with Crippen molar-refractivity contribution in [2.45, 2.75) is 13.8 Å². The fraction of sp³-hybridized carbons (Fsp3) is 0.100. The molecule has 2 aromatic carbocycles. The molecule has 1 aromatic heterocycles. The van der Waals surface area contributed by atoms with Crippen LogP contribution in [0.25, 0.3) is 11.3 Å². The van der Waals surface area contributed by atoms with Gasteiger partial charge < -0.3 is 4.98 Å². The van der Waals surface area contributed by atoms with Crippen LogP contribution in [0.4, 0.5) is 0 Å². The number of ketones is 2. The van der Waals surface area contributed by atoms with E-state index in [0.717, 1.165) is 11.1 Å². The molecule has 0 bridgehead atoms. The average Bonchev–Trinajstić information content (AvgIpc) is 3.01. The Bertz CT molecular complexity index is 858. The van der Waals surface area contributed by atoms with E-state index < -0.39 is 0 Å². The van der Waals surface area contributed by atoms with Crippen LogP contribution in [0, 0.1) is 6.92 Å². The summed E-state index contributed by atoms with van der Waals surface area (Å²) in [5.41, 5.74) is 4.29. The Morgan fingerprint density at radius 2 is 1.57 bits per heavy atom. The van der Waals surface area contributed by atoms with Crippen molar-refractivity contribution in [3.05, 3.63) is 83.0 Å². The summed E-state index contributed by atoms with van der Waals surface area (Å²) in [6.07, 6.45) is 0. The van der Waals surface area contributed by atoms with Crippen LogP contribution >= 0.6 is 0 Å². The molecule has 0 amide bonds. The molecule has 0 aliphatic rings. The minimum atomic E-state index is -0.119. The Morgan fingerprint density at radius 3 is 2.17 bits per heavy atom. The van der Waals surface area contributed by atoms with Gasteiger partial charge in [-0.15, -0.1) is 0 Å². The Morgan fingerprint density at radius 1 is 0.913 bits per heavy atom. The van der Waals surface area contributed by atoms with Crippen molar-refractivity contribution in [3.8, 4) is 11.3 Å². The Hall–Kier alpha value is -2.94. The van der Waals surface area contributed by atoms with E-state index in [1.807, 2.05) is 49.4 Å². The monoisotopic (exact) mass is 303 g/mol. The van der Waals surface area contributed by atoms with E-state index >= 15 is 0 Å². The van der Waals surface area contributed by atoms with Gasteiger partial charge in [-0.2, -0.15) is 0 Å². The topological polar surface area (TPSA) is 49.9 Å². The molecular weight excluding hydrogens is 286 g/mol. The number of aromatic nitrogens is 1. The first-order valence-electron chi connectivity index (χ1n) is 7.47. The lowest BCUT2D eigenvalue weighted by molar-refractivity contribution is 0.101. The number of aryl methyl sites for hydroxylation is 1. The second kappa shape index (κ2) is 6.05. The van der Waals surface area contributed by atoms with Gasteiger partial charge in [0, 0.05) is 11.1 Å². The average molecular weight is 303 g/mol. The quantitative estimate of drug-likeness (QED) is 0.725. The zero-order valence-electron chi connectivity index (χ0n) is 13.1. The molecule has 1 heterocycles. The third-order valence-corrected chi connectivity index (χ3v) is 3.82. The van der Waals surface area contributed by atoms with Crippen LogP contribution < -0.4 is 0 Å². The predicted octanol–water partition coefficient (Wildman–Crippen LogP) is 4.42. The van der Waals surface area contributed by atoms with Gasteiger partial charge in [0.25, 0.3) is 0 Å². The van der Waals surface area contributed by atoms with Gasteiger partial charge in [0.1, 0.15) is 0 Å². The highest BCUT2D eigenvalue weighted by Crippen LogP contribution is 2.26. The number of Topliss-reactive ketones (excluding diaryl/α,β-unsaturated/α-hetero) is 1. The van der Waals surface area contributed by atoms with Crippen LogP contribution in [-0.4, -0.2) is 16.6 Å². The lowest BCUT2D eigenvalue weighted by Crippen LogP contribution is -2.01. The summed E-state index contributed by atoms with van der Waals surface area (Å²) in [4.78, 5) is 27.7. The molecule has 3 aromatic rings. The molecule has 0 aliphatic heterocycles. The molecule has 0 radical (unpaired) electrons. The van der Waals surface area contributed by atoms with Crippen LogP contribution in [0.3, 0.4) is 0 Å². The zero-order valence-corrected chi connectivity index (χ0v) is 13.1. The summed E-state index contributed by atoms with van der Waals surface area (Å²) in [7, 11) is 0. The molecule has 0 saturated heterocycles. The SMILES string of the molecule is CC(=O)c1cc(C(=O)c2ccccc2)[nH]c1-c1ccc(C)cc1. The van der Waals surface area contributed by atoms with Crippen molar-refractivity contribution in [2.75, 3.05) is 0 Å². The summed E-state index contributed by atoms with van der Waals surface area (Å²) >= 11 is 0. The van der Waals surface area contributed by atoms with Crippen molar-refractivity contribution in [1.82, 2.24) is 4.98 Å². The standard InChI is InChI=1S/C20H17NO2/c1-13-8-10-15(11-9-13)19-17(14(2)22)12-18(21-19)20(23)16-6-4-3-5-7-16/h3-12,21H,1-2H3. The van der Waals surface area contributed by atoms with Gasteiger partial charge in [-0.3, -0.25) is 9.59 Å². The largest absolute Gasteiger partial charge is 0.351 e. The molecule has 0 aliphatic carbocycles. The van der Waals surface area contributed by atoms with E-state index in [1.165, 1.54) is 6.92 Å². The van der Waals surface area contributed by atoms with Crippen molar-refractivity contribution >= 4 is 11.6 Å². The van der Waals surface area contributed by atoms with Crippen molar-refractivity contribution < 1.29 is 9.59 Å². The summed E-state index contributed by atoms with van der Waals surface area (Å²) in [6.45, 7) is 3.52. The predicted molar refractivity (Wildman–Crippen MR) is 90.8 cm³/mol. The zero-order chi connectivity index (χ0) is 16.4. The lowest BCUT2D eigenvalue weighted by atomic mass is 10.0. The molecule has 1 N–H and O–H groups in total. The number of carbonyl (C=O) groups excluding carboxylic acids is 2. The molecule has 3 nitrogen and oxygen atoms in total. The van der Waals surface area contributed by atoms with E-state index in [2.05, 4.69) is 4.98 Å². The van der Waals surface area contributed by atoms with Crippen molar-refractivity contribution in [2.24, 2.45) is 0 Å². The van der Waals surface area contributed by atoms with Crippen molar-refractivity contribution in [1.29, 1.82) is 0 Å². The number of hydrogen-bond donors (Lipinski definition) is 1. The highest BCUT2D eigenvalue weighted by molar-refractivity contribution is 6.11. The first-order chi connectivity index (χ1) is 11.1. The summed E-state index contributed by atoms with van der Waals surface area (Å²) in [5.74, 6) is -0.185. The normalized spacial score (nSPS) is 10.5. The Balaban J connectivity index is 2.07. The van der Waals surface area contributed by atoms with Crippen LogP contribution in [0.5, 0.6) is 0 Å². The first kappa shape index (κ1) is 15.0. The lowest BCUT2D eigenvalue weighted by Gasteiger charge is -2.02. The number of H-pyrrole nitrogens is 1. The van der Waals surface area contributed by atoms with Crippen molar-refractivity contribution in [3.63, 3.8) is 0 Å². The fourth-order valence-electron chi connectivity index (χ4n) is 2.55. The molecule has 0 unspecified atom stereocenters. The molecule has 0 spiro atoms. The molecule has 0 saturated carbocycles. The number of aromatic amines is 1. The molecule has 3 heteroatoms. The van der Waals surface area contributed by atoms with Gasteiger partial charge in [0.2, 0.25) is 5.78 Å². The fourth-order valence-corrected chi connectivity index (χ4v) is 2.55. The maximum absolute atomic E-state index is 12.6. The van der Waals surface area contributed by atoms with E-state index in [9.17, 15) is 9.59 Å². The van der Waals surface area contributed by atoms with E-state index in [0.29, 0.717) is 22.5 Å². The minimum Gasteiger partial charge on any atom is -0.351 e. The smallest absolute Gasteiger partial charge is 0.209 e. The number of rotatable bonds is 4. The van der Waals surface area contributed by atoms with Crippen LogP contribution in [0.2, 0.25) is 0 Å². The van der Waals surface area contributed by atoms with E-state index in [-0.39, 0.29) is 11.6 Å².